The summed E-state index contributed by atoms with van der Waals surface area (Å²) in [6.07, 6.45) is 6.17. The van der Waals surface area contributed by atoms with Gasteiger partial charge in [0.15, 0.2) is 0 Å². The number of sulfonamides is 1. The minimum absolute atomic E-state index is 0.308. The Hall–Kier alpha value is -2.97. The molecular weight excluding hydrogens is 460 g/mol. The van der Waals surface area contributed by atoms with Crippen molar-refractivity contribution in [2.45, 2.75) is 44.9 Å². The van der Waals surface area contributed by atoms with Crippen LogP contribution in [0, 0.1) is 5.92 Å². The average molecular weight is 495 g/mol. The van der Waals surface area contributed by atoms with Crippen LogP contribution < -0.4 is 4.74 Å². The molecule has 0 amide bonds. The Balaban J connectivity index is 1.46. The number of aromatic nitrogens is 3. The van der Waals surface area contributed by atoms with Gasteiger partial charge in [0.1, 0.15) is 11.4 Å². The third-order valence-electron chi connectivity index (χ3n) is 6.43. The summed E-state index contributed by atoms with van der Waals surface area (Å²) in [6, 6.07) is 16.3. The predicted octanol–water partition coefficient (Wildman–Crippen LogP) is 4.55. The molecule has 0 atom stereocenters. The minimum atomic E-state index is -3.20. The fraction of sp³-hybridized carbons (Fsp3) is 0.407. The Morgan fingerprint density at radius 3 is 2.54 bits per heavy atom. The van der Waals surface area contributed by atoms with Crippen molar-refractivity contribution in [3.05, 3.63) is 78.5 Å². The van der Waals surface area contributed by atoms with Crippen LogP contribution in [0.15, 0.2) is 67.4 Å². The zero-order chi connectivity index (χ0) is 24.8. The number of benzene rings is 2. The molecule has 4 rings (SSSR count). The van der Waals surface area contributed by atoms with E-state index in [9.17, 15) is 8.42 Å². The topological polar surface area (TPSA) is 77.3 Å². The smallest absolute Gasteiger partial charge is 0.216 e. The molecule has 0 spiro atoms. The van der Waals surface area contributed by atoms with Crippen molar-refractivity contribution in [1.29, 1.82) is 0 Å². The summed E-state index contributed by atoms with van der Waals surface area (Å²) in [5, 5.41) is 8.37. The maximum absolute atomic E-state index is 12.4. The van der Waals surface area contributed by atoms with Crippen molar-refractivity contribution >= 4 is 10.0 Å². The summed E-state index contributed by atoms with van der Waals surface area (Å²) >= 11 is 0. The first-order valence-electron chi connectivity index (χ1n) is 12.2. The molecule has 1 aliphatic rings. The van der Waals surface area contributed by atoms with Gasteiger partial charge >= 0.3 is 0 Å². The van der Waals surface area contributed by atoms with E-state index in [-0.39, 0.29) is 5.25 Å². The number of rotatable bonds is 10. The lowest BCUT2D eigenvalue weighted by Crippen LogP contribution is -2.42. The first kappa shape index (κ1) is 25.1. The van der Waals surface area contributed by atoms with Crippen molar-refractivity contribution in [3.63, 3.8) is 0 Å². The van der Waals surface area contributed by atoms with Crippen LogP contribution in [0.3, 0.4) is 0 Å². The highest BCUT2D eigenvalue weighted by molar-refractivity contribution is 7.89. The summed E-state index contributed by atoms with van der Waals surface area (Å²) in [5.74, 6) is 1.07. The molecule has 0 saturated carbocycles. The Labute approximate surface area is 208 Å². The summed E-state index contributed by atoms with van der Waals surface area (Å²) < 4.78 is 34.6. The van der Waals surface area contributed by atoms with Gasteiger partial charge in [-0.2, -0.15) is 0 Å². The average Bonchev–Trinajstić information content (AvgIpc) is 3.32. The van der Waals surface area contributed by atoms with Crippen molar-refractivity contribution in [1.82, 2.24) is 19.3 Å². The Bertz CT molecular complexity index is 1230. The molecule has 1 saturated heterocycles. The van der Waals surface area contributed by atoms with Crippen LogP contribution in [0.25, 0.3) is 11.3 Å². The summed E-state index contributed by atoms with van der Waals surface area (Å²) in [7, 11) is -3.20. The molecular formula is C27H34N4O3S. The monoisotopic (exact) mass is 494 g/mol. The fourth-order valence-electron chi connectivity index (χ4n) is 4.30. The fourth-order valence-corrected chi connectivity index (χ4v) is 5.62. The van der Waals surface area contributed by atoms with Crippen LogP contribution in [0.5, 0.6) is 5.75 Å². The highest BCUT2D eigenvalue weighted by atomic mass is 32.2. The summed E-state index contributed by atoms with van der Waals surface area (Å²) in [6.45, 7) is 9.61. The molecule has 7 nitrogen and oxygen atoms in total. The highest BCUT2D eigenvalue weighted by Gasteiger charge is 2.30. The van der Waals surface area contributed by atoms with Crippen molar-refractivity contribution in [2.24, 2.45) is 5.92 Å². The second-order valence-corrected chi connectivity index (χ2v) is 11.8. The van der Waals surface area contributed by atoms with Crippen LogP contribution in [0.1, 0.15) is 37.8 Å². The lowest BCUT2D eigenvalue weighted by molar-refractivity contribution is 0.185. The van der Waals surface area contributed by atoms with E-state index in [2.05, 4.69) is 35.1 Å². The first-order valence-corrected chi connectivity index (χ1v) is 13.7. The molecule has 8 heteroatoms. The molecule has 0 aliphatic carbocycles. The molecule has 186 valence electrons. The molecule has 0 radical (unpaired) electrons. The quantitative estimate of drug-likeness (QED) is 0.387. The normalized spacial score (nSPS) is 15.4. The second-order valence-electron chi connectivity index (χ2n) is 9.36. The standard InChI is InChI=1S/C27H34N4O3S/c1-4-8-22-11-12-27(34-20-24-13-15-31(16-14-24)35(32,33)21(2)3)25(17-22)26-19-30(29-28-26)18-23-9-6-5-7-10-23/h4-7,9-12,17,19,21,24H,1,8,13-16,18,20H2,2-3H3. The molecule has 0 bridgehead atoms. The van der Waals surface area contributed by atoms with Gasteiger partial charge in [0, 0.05) is 18.7 Å². The Kier molecular flexibility index (Phi) is 8.03. The van der Waals surface area contributed by atoms with Gasteiger partial charge in [-0.25, -0.2) is 17.4 Å². The molecule has 1 aromatic heterocycles. The van der Waals surface area contributed by atoms with Gasteiger partial charge in [0.25, 0.3) is 0 Å². The van der Waals surface area contributed by atoms with E-state index in [1.165, 1.54) is 0 Å². The van der Waals surface area contributed by atoms with Gasteiger partial charge in [-0.15, -0.1) is 11.7 Å². The second kappa shape index (κ2) is 11.2. The molecule has 1 fully saturated rings. The molecule has 0 N–H and O–H groups in total. The largest absolute Gasteiger partial charge is 0.493 e. The van der Waals surface area contributed by atoms with Crippen molar-refractivity contribution in [3.8, 4) is 17.0 Å². The van der Waals surface area contributed by atoms with Crippen molar-refractivity contribution in [2.75, 3.05) is 19.7 Å². The number of hydrogen-bond acceptors (Lipinski definition) is 5. The highest BCUT2D eigenvalue weighted by Crippen LogP contribution is 2.31. The van der Waals surface area contributed by atoms with E-state index in [4.69, 9.17) is 4.74 Å². The maximum atomic E-state index is 12.4. The molecule has 0 unspecified atom stereocenters. The summed E-state index contributed by atoms with van der Waals surface area (Å²) in [4.78, 5) is 0. The van der Waals surface area contributed by atoms with E-state index >= 15 is 0 Å². The number of hydrogen-bond donors (Lipinski definition) is 0. The third kappa shape index (κ3) is 6.18. The summed E-state index contributed by atoms with van der Waals surface area (Å²) in [5.41, 5.74) is 3.96. The van der Waals surface area contributed by atoms with Crippen LogP contribution in [-0.4, -0.2) is 52.7 Å². The van der Waals surface area contributed by atoms with E-state index in [0.717, 1.165) is 47.4 Å². The zero-order valence-electron chi connectivity index (χ0n) is 20.5. The minimum Gasteiger partial charge on any atom is -0.493 e. The number of nitrogens with zero attached hydrogens (tertiary/aromatic N) is 4. The molecule has 35 heavy (non-hydrogen) atoms. The molecule has 3 aromatic rings. The van der Waals surface area contributed by atoms with Crippen molar-refractivity contribution < 1.29 is 13.2 Å². The number of piperidine rings is 1. The van der Waals surface area contributed by atoms with E-state index in [1.54, 1.807) is 18.2 Å². The van der Waals surface area contributed by atoms with Gasteiger partial charge in [0.2, 0.25) is 10.0 Å². The van der Waals surface area contributed by atoms with E-state index < -0.39 is 10.0 Å². The van der Waals surface area contributed by atoms with Gasteiger partial charge < -0.3 is 4.74 Å². The third-order valence-corrected chi connectivity index (χ3v) is 8.71. The van der Waals surface area contributed by atoms with Crippen LogP contribution in [0.4, 0.5) is 0 Å². The SMILES string of the molecule is C=CCc1ccc(OCC2CCN(S(=O)(=O)C(C)C)CC2)c(-c2cn(Cc3ccccc3)nn2)c1. The van der Waals surface area contributed by atoms with Crippen LogP contribution >= 0.6 is 0 Å². The molecule has 2 aromatic carbocycles. The number of ether oxygens (including phenoxy) is 1. The van der Waals surface area contributed by atoms with Gasteiger partial charge in [-0.1, -0.05) is 47.7 Å². The van der Waals surface area contributed by atoms with Gasteiger partial charge in [-0.3, -0.25) is 0 Å². The zero-order valence-corrected chi connectivity index (χ0v) is 21.3. The molecule has 1 aliphatic heterocycles. The van der Waals surface area contributed by atoms with Gasteiger partial charge in [-0.05, 0) is 62.3 Å². The van der Waals surface area contributed by atoms with Gasteiger partial charge in [0.05, 0.1) is 24.6 Å². The lowest BCUT2D eigenvalue weighted by atomic mass is 9.99. The lowest BCUT2D eigenvalue weighted by Gasteiger charge is -2.32. The Morgan fingerprint density at radius 2 is 1.86 bits per heavy atom. The van der Waals surface area contributed by atoms with Crippen LogP contribution in [-0.2, 0) is 23.0 Å². The van der Waals surface area contributed by atoms with E-state index in [0.29, 0.717) is 32.2 Å². The predicted molar refractivity (Wildman–Crippen MR) is 139 cm³/mol. The Morgan fingerprint density at radius 1 is 1.11 bits per heavy atom. The number of allylic oxidation sites excluding steroid dienone is 1. The maximum Gasteiger partial charge on any atom is 0.216 e. The van der Waals surface area contributed by atoms with Crippen LogP contribution in [0.2, 0.25) is 0 Å². The first-order chi connectivity index (χ1) is 16.9. The molecule has 2 heterocycles. The van der Waals surface area contributed by atoms with E-state index in [1.807, 2.05) is 47.3 Å².